The van der Waals surface area contributed by atoms with Crippen molar-refractivity contribution >= 4 is 18.2 Å². The molecule has 1 heterocycles. The van der Waals surface area contributed by atoms with Crippen molar-refractivity contribution in [2.75, 3.05) is 18.5 Å². The average molecular weight is 172 g/mol. The van der Waals surface area contributed by atoms with Gasteiger partial charge >= 0.3 is 0 Å². The first-order chi connectivity index (χ1) is 5.24. The van der Waals surface area contributed by atoms with Crippen molar-refractivity contribution in [1.29, 1.82) is 0 Å². The van der Waals surface area contributed by atoms with Gasteiger partial charge in [-0.25, -0.2) is 0 Å². The molecule has 5 heteroatoms. The molecule has 0 aliphatic carbocycles. The van der Waals surface area contributed by atoms with E-state index < -0.39 is 0 Å². The minimum absolute atomic E-state index is 0.503. The van der Waals surface area contributed by atoms with Crippen LogP contribution in [0.15, 0.2) is 0 Å². The predicted octanol–water partition coefficient (Wildman–Crippen LogP) is 1.31. The molecule has 0 unspecified atom stereocenters. The van der Waals surface area contributed by atoms with E-state index in [2.05, 4.69) is 22.1 Å². The van der Waals surface area contributed by atoms with Gasteiger partial charge in [-0.3, -0.25) is 10.2 Å². The number of nitrogens with zero attached hydrogens (tertiary/aromatic N) is 2. The molecule has 0 atom stereocenters. The molecule has 0 fully saturated rings. The monoisotopic (exact) mass is 172 g/mol. The van der Waals surface area contributed by atoms with Crippen molar-refractivity contribution in [2.24, 2.45) is 0 Å². The van der Waals surface area contributed by atoms with Gasteiger partial charge in [0.2, 0.25) is 10.7 Å². The molecule has 0 aromatic carbocycles. The summed E-state index contributed by atoms with van der Waals surface area (Å²) in [5, 5.41) is 5.62. The zero-order valence-electron chi connectivity index (χ0n) is 6.72. The Balaban J connectivity index is 2.68. The van der Waals surface area contributed by atoms with Crippen LogP contribution in [0, 0.1) is 4.77 Å². The Morgan fingerprint density at radius 3 is 2.73 bits per heavy atom. The molecule has 0 amide bonds. The van der Waals surface area contributed by atoms with Gasteiger partial charge in [-0.2, -0.15) is 4.98 Å². The minimum atomic E-state index is 0.503. The van der Waals surface area contributed by atoms with Gasteiger partial charge < -0.3 is 4.90 Å². The lowest BCUT2D eigenvalue weighted by molar-refractivity contribution is 0.821. The van der Waals surface area contributed by atoms with Crippen molar-refractivity contribution in [2.45, 2.75) is 13.3 Å². The lowest BCUT2D eigenvalue weighted by Gasteiger charge is -2.12. The van der Waals surface area contributed by atoms with Crippen LogP contribution in [0.4, 0.5) is 5.95 Å². The zero-order valence-corrected chi connectivity index (χ0v) is 7.53. The van der Waals surface area contributed by atoms with Crippen LogP contribution in [0.1, 0.15) is 13.3 Å². The molecule has 62 valence electrons. The first kappa shape index (κ1) is 8.26. The van der Waals surface area contributed by atoms with Crippen LogP contribution in [-0.2, 0) is 0 Å². The van der Waals surface area contributed by atoms with Gasteiger partial charge in [0, 0.05) is 13.6 Å². The summed E-state index contributed by atoms with van der Waals surface area (Å²) in [6.45, 7) is 3.11. The molecular weight excluding hydrogens is 160 g/mol. The highest BCUT2D eigenvalue weighted by atomic mass is 32.1. The number of anilines is 1. The Kier molecular flexibility index (Phi) is 2.64. The molecule has 0 aliphatic rings. The fourth-order valence-corrected chi connectivity index (χ4v) is 1.02. The molecule has 0 radical (unpaired) electrons. The highest BCUT2D eigenvalue weighted by Gasteiger charge is 2.00. The molecule has 11 heavy (non-hydrogen) atoms. The Hall–Kier alpha value is -0.840. The van der Waals surface area contributed by atoms with Crippen molar-refractivity contribution in [3.05, 3.63) is 4.77 Å². The third kappa shape index (κ3) is 2.04. The topological polar surface area (TPSA) is 47.7 Å². The summed E-state index contributed by atoms with van der Waals surface area (Å²) in [5.74, 6) is 0.803. The van der Waals surface area contributed by atoms with E-state index in [1.54, 1.807) is 0 Å². The van der Waals surface area contributed by atoms with Gasteiger partial charge in [-0.15, -0.1) is 0 Å². The van der Waals surface area contributed by atoms with Gasteiger partial charge in [0.1, 0.15) is 0 Å². The molecule has 0 spiro atoms. The zero-order chi connectivity index (χ0) is 8.27. The van der Waals surface area contributed by atoms with Crippen LogP contribution in [-0.4, -0.2) is 28.8 Å². The van der Waals surface area contributed by atoms with Crippen LogP contribution in [0.5, 0.6) is 0 Å². The molecule has 1 aromatic heterocycles. The normalized spacial score (nSPS) is 10.0. The van der Waals surface area contributed by atoms with Gasteiger partial charge in [0.05, 0.1) is 0 Å². The molecule has 0 saturated heterocycles. The summed E-state index contributed by atoms with van der Waals surface area (Å²) in [6.07, 6.45) is 1.10. The van der Waals surface area contributed by atoms with Gasteiger partial charge in [-0.05, 0) is 18.6 Å². The summed E-state index contributed by atoms with van der Waals surface area (Å²) >= 11 is 4.81. The quantitative estimate of drug-likeness (QED) is 0.676. The van der Waals surface area contributed by atoms with Gasteiger partial charge in [0.15, 0.2) is 0 Å². The smallest absolute Gasteiger partial charge is 0.220 e. The third-order valence-corrected chi connectivity index (χ3v) is 1.60. The number of rotatable bonds is 3. The first-order valence-corrected chi connectivity index (χ1v) is 4.00. The second-order valence-electron chi connectivity index (χ2n) is 2.41. The summed E-state index contributed by atoms with van der Waals surface area (Å²) in [5.41, 5.74) is 0. The largest absolute Gasteiger partial charge is 0.344 e. The van der Waals surface area contributed by atoms with E-state index in [0.29, 0.717) is 4.77 Å². The lowest BCUT2D eigenvalue weighted by Crippen LogP contribution is -2.18. The van der Waals surface area contributed by atoms with E-state index in [9.17, 15) is 0 Å². The number of hydrogen-bond acceptors (Lipinski definition) is 3. The SMILES string of the molecule is CCCN(C)c1nc(=S)[nH][nH]1. The van der Waals surface area contributed by atoms with Crippen molar-refractivity contribution in [3.8, 4) is 0 Å². The summed E-state index contributed by atoms with van der Waals surface area (Å²) in [4.78, 5) is 6.08. The maximum atomic E-state index is 4.81. The number of H-pyrrole nitrogens is 2. The highest BCUT2D eigenvalue weighted by Crippen LogP contribution is 2.01. The Morgan fingerprint density at radius 2 is 2.27 bits per heavy atom. The molecule has 1 aromatic rings. The predicted molar refractivity (Wildman–Crippen MR) is 47.3 cm³/mol. The molecule has 0 aliphatic heterocycles. The molecule has 4 nitrogen and oxygen atoms in total. The van der Waals surface area contributed by atoms with E-state index in [-0.39, 0.29) is 0 Å². The van der Waals surface area contributed by atoms with E-state index in [4.69, 9.17) is 12.2 Å². The van der Waals surface area contributed by atoms with Crippen molar-refractivity contribution in [1.82, 2.24) is 15.2 Å². The second kappa shape index (κ2) is 3.52. The molecular formula is C6H12N4S. The standard InChI is InChI=1S/C6H12N4S/c1-3-4-10(2)5-7-6(11)9-8-5/h3-4H2,1-2H3,(H2,7,8,9,11). The maximum Gasteiger partial charge on any atom is 0.220 e. The minimum Gasteiger partial charge on any atom is -0.344 e. The molecule has 0 saturated carbocycles. The van der Waals surface area contributed by atoms with E-state index >= 15 is 0 Å². The van der Waals surface area contributed by atoms with E-state index in [1.165, 1.54) is 0 Å². The van der Waals surface area contributed by atoms with E-state index in [1.807, 2.05) is 11.9 Å². The van der Waals surface area contributed by atoms with Crippen LogP contribution in [0.3, 0.4) is 0 Å². The molecule has 1 rings (SSSR count). The van der Waals surface area contributed by atoms with Crippen molar-refractivity contribution in [3.63, 3.8) is 0 Å². The summed E-state index contributed by atoms with van der Waals surface area (Å²) in [6, 6.07) is 0. The number of nitrogens with one attached hydrogen (secondary N) is 2. The number of hydrogen-bond donors (Lipinski definition) is 2. The third-order valence-electron chi connectivity index (χ3n) is 1.41. The first-order valence-electron chi connectivity index (χ1n) is 3.60. The number of aromatic amines is 2. The lowest BCUT2D eigenvalue weighted by atomic mass is 10.4. The van der Waals surface area contributed by atoms with Crippen molar-refractivity contribution < 1.29 is 0 Å². The Bertz CT molecular complexity index is 264. The highest BCUT2D eigenvalue weighted by molar-refractivity contribution is 7.71. The molecule has 0 bridgehead atoms. The fourth-order valence-electron chi connectivity index (χ4n) is 0.884. The summed E-state index contributed by atoms with van der Waals surface area (Å²) < 4.78 is 0.503. The average Bonchev–Trinajstić information content (AvgIpc) is 2.36. The van der Waals surface area contributed by atoms with Crippen LogP contribution in [0.2, 0.25) is 0 Å². The van der Waals surface area contributed by atoms with Gasteiger partial charge in [-0.1, -0.05) is 6.92 Å². The summed E-state index contributed by atoms with van der Waals surface area (Å²) in [7, 11) is 1.98. The Labute approximate surface area is 70.6 Å². The Morgan fingerprint density at radius 1 is 1.55 bits per heavy atom. The molecule has 2 N–H and O–H groups in total. The maximum absolute atomic E-state index is 4.81. The van der Waals surface area contributed by atoms with Crippen LogP contribution in [0.25, 0.3) is 0 Å². The van der Waals surface area contributed by atoms with Crippen LogP contribution < -0.4 is 4.90 Å². The second-order valence-corrected chi connectivity index (χ2v) is 2.80. The van der Waals surface area contributed by atoms with E-state index in [0.717, 1.165) is 18.9 Å². The fraction of sp³-hybridized carbons (Fsp3) is 0.667. The number of aromatic nitrogens is 3. The van der Waals surface area contributed by atoms with Crippen LogP contribution >= 0.6 is 12.2 Å². The van der Waals surface area contributed by atoms with Gasteiger partial charge in [0.25, 0.3) is 0 Å².